The van der Waals surface area contributed by atoms with Crippen LogP contribution in [0, 0.1) is 0 Å². The van der Waals surface area contributed by atoms with E-state index in [1.807, 2.05) is 48.2 Å². The van der Waals surface area contributed by atoms with E-state index in [9.17, 15) is 4.79 Å². The SMILES string of the molecule is CCOc1ccc(N2CCN(C(=O)NCc3ccccc3OC)CC2)cc1. The Morgan fingerprint density at radius 3 is 2.41 bits per heavy atom. The Hall–Kier alpha value is -2.89. The van der Waals surface area contributed by atoms with Crippen molar-refractivity contribution in [2.75, 3.05) is 44.8 Å². The topological polar surface area (TPSA) is 54.0 Å². The molecule has 0 aliphatic carbocycles. The van der Waals surface area contributed by atoms with Crippen LogP contribution in [-0.2, 0) is 6.54 Å². The molecule has 1 aliphatic heterocycles. The van der Waals surface area contributed by atoms with Crippen LogP contribution in [0.25, 0.3) is 0 Å². The van der Waals surface area contributed by atoms with Crippen LogP contribution < -0.4 is 19.7 Å². The highest BCUT2D eigenvalue weighted by molar-refractivity contribution is 5.74. The van der Waals surface area contributed by atoms with Gasteiger partial charge in [-0.3, -0.25) is 0 Å². The normalized spacial score (nSPS) is 14.0. The lowest BCUT2D eigenvalue weighted by molar-refractivity contribution is 0.194. The summed E-state index contributed by atoms with van der Waals surface area (Å²) in [6.45, 7) is 6.14. The van der Waals surface area contributed by atoms with Gasteiger partial charge < -0.3 is 24.6 Å². The number of para-hydroxylation sites is 1. The van der Waals surface area contributed by atoms with Gasteiger partial charge in [0.05, 0.1) is 13.7 Å². The summed E-state index contributed by atoms with van der Waals surface area (Å²) >= 11 is 0. The van der Waals surface area contributed by atoms with E-state index >= 15 is 0 Å². The first kappa shape index (κ1) is 18.9. The van der Waals surface area contributed by atoms with E-state index in [0.29, 0.717) is 26.2 Å². The predicted octanol–water partition coefficient (Wildman–Crippen LogP) is 3.13. The maximum atomic E-state index is 12.5. The van der Waals surface area contributed by atoms with Gasteiger partial charge in [0.15, 0.2) is 0 Å². The molecule has 0 spiro atoms. The Kier molecular flexibility index (Phi) is 6.41. The van der Waals surface area contributed by atoms with Crippen LogP contribution in [0.15, 0.2) is 48.5 Å². The number of nitrogens with zero attached hydrogens (tertiary/aromatic N) is 2. The van der Waals surface area contributed by atoms with Gasteiger partial charge in [-0.25, -0.2) is 4.79 Å². The van der Waals surface area contributed by atoms with Gasteiger partial charge in [-0.2, -0.15) is 0 Å². The molecule has 0 atom stereocenters. The van der Waals surface area contributed by atoms with Gasteiger partial charge in [0.2, 0.25) is 0 Å². The van der Waals surface area contributed by atoms with Crippen LogP contribution in [-0.4, -0.2) is 50.8 Å². The number of hydrogen-bond donors (Lipinski definition) is 1. The van der Waals surface area contributed by atoms with E-state index in [0.717, 1.165) is 35.8 Å². The standard InChI is InChI=1S/C21H27N3O3/c1-3-27-19-10-8-18(9-11-19)23-12-14-24(15-13-23)21(25)22-16-17-6-4-5-7-20(17)26-2/h4-11H,3,12-16H2,1-2H3,(H,22,25). The van der Waals surface area contributed by atoms with Crippen molar-refractivity contribution in [1.82, 2.24) is 10.2 Å². The van der Waals surface area contributed by atoms with Crippen molar-refractivity contribution in [3.05, 3.63) is 54.1 Å². The monoisotopic (exact) mass is 369 g/mol. The Balaban J connectivity index is 1.49. The number of amides is 2. The molecular weight excluding hydrogens is 342 g/mol. The van der Waals surface area contributed by atoms with E-state index in [1.54, 1.807) is 7.11 Å². The van der Waals surface area contributed by atoms with Crippen LogP contribution in [0.5, 0.6) is 11.5 Å². The summed E-state index contributed by atoms with van der Waals surface area (Å²) in [5.74, 6) is 1.67. The molecule has 6 nitrogen and oxygen atoms in total. The number of hydrogen-bond acceptors (Lipinski definition) is 4. The highest BCUT2D eigenvalue weighted by Crippen LogP contribution is 2.21. The van der Waals surface area contributed by atoms with Crippen molar-refractivity contribution in [3.8, 4) is 11.5 Å². The van der Waals surface area contributed by atoms with Crippen LogP contribution in [0.4, 0.5) is 10.5 Å². The maximum absolute atomic E-state index is 12.5. The fourth-order valence-electron chi connectivity index (χ4n) is 3.22. The molecule has 1 N–H and O–H groups in total. The van der Waals surface area contributed by atoms with Crippen LogP contribution in [0.1, 0.15) is 12.5 Å². The molecule has 0 radical (unpaired) electrons. The molecule has 0 bridgehead atoms. The van der Waals surface area contributed by atoms with Gasteiger partial charge >= 0.3 is 6.03 Å². The minimum absolute atomic E-state index is 0.0350. The van der Waals surface area contributed by atoms with E-state index < -0.39 is 0 Å². The average Bonchev–Trinajstić information content (AvgIpc) is 2.73. The lowest BCUT2D eigenvalue weighted by atomic mass is 10.2. The highest BCUT2D eigenvalue weighted by Gasteiger charge is 2.21. The number of urea groups is 1. The molecule has 0 saturated carbocycles. The molecule has 6 heteroatoms. The lowest BCUT2D eigenvalue weighted by Crippen LogP contribution is -2.51. The van der Waals surface area contributed by atoms with E-state index in [2.05, 4.69) is 22.3 Å². The average molecular weight is 369 g/mol. The fraction of sp³-hybridized carbons (Fsp3) is 0.381. The summed E-state index contributed by atoms with van der Waals surface area (Å²) in [6, 6.07) is 15.8. The summed E-state index contributed by atoms with van der Waals surface area (Å²) in [7, 11) is 1.64. The number of piperazine rings is 1. The van der Waals surface area contributed by atoms with Crippen LogP contribution in [0.2, 0.25) is 0 Å². The quantitative estimate of drug-likeness (QED) is 0.850. The zero-order valence-corrected chi connectivity index (χ0v) is 16.0. The van der Waals surface area contributed by atoms with Crippen LogP contribution >= 0.6 is 0 Å². The largest absolute Gasteiger partial charge is 0.496 e. The van der Waals surface area contributed by atoms with Gasteiger partial charge in [-0.1, -0.05) is 18.2 Å². The molecule has 1 saturated heterocycles. The van der Waals surface area contributed by atoms with Crippen molar-refractivity contribution in [2.45, 2.75) is 13.5 Å². The second-order valence-corrected chi connectivity index (χ2v) is 6.37. The second-order valence-electron chi connectivity index (χ2n) is 6.37. The van der Waals surface area contributed by atoms with Gasteiger partial charge in [0.1, 0.15) is 11.5 Å². The third kappa shape index (κ3) is 4.84. The molecule has 27 heavy (non-hydrogen) atoms. The Labute approximate surface area is 160 Å². The molecule has 1 aliphatic rings. The summed E-state index contributed by atoms with van der Waals surface area (Å²) < 4.78 is 10.8. The van der Waals surface area contributed by atoms with E-state index in [-0.39, 0.29) is 6.03 Å². The third-order valence-electron chi connectivity index (χ3n) is 4.70. The van der Waals surface area contributed by atoms with E-state index in [4.69, 9.17) is 9.47 Å². The number of benzene rings is 2. The molecule has 3 rings (SSSR count). The minimum Gasteiger partial charge on any atom is -0.496 e. The fourth-order valence-corrected chi connectivity index (χ4v) is 3.22. The van der Waals surface area contributed by atoms with Crippen LogP contribution in [0.3, 0.4) is 0 Å². The van der Waals surface area contributed by atoms with Crippen molar-refractivity contribution < 1.29 is 14.3 Å². The Bertz CT molecular complexity index is 741. The highest BCUT2D eigenvalue weighted by atomic mass is 16.5. The van der Waals surface area contributed by atoms with Gasteiger partial charge in [0, 0.05) is 44.0 Å². The van der Waals surface area contributed by atoms with Gasteiger partial charge in [-0.15, -0.1) is 0 Å². The second kappa shape index (κ2) is 9.16. The molecule has 0 unspecified atom stereocenters. The van der Waals surface area contributed by atoms with Crippen molar-refractivity contribution in [2.24, 2.45) is 0 Å². The summed E-state index contributed by atoms with van der Waals surface area (Å²) in [5, 5.41) is 2.99. The Morgan fingerprint density at radius 2 is 1.74 bits per heavy atom. The number of anilines is 1. The van der Waals surface area contributed by atoms with Crippen molar-refractivity contribution in [1.29, 1.82) is 0 Å². The zero-order chi connectivity index (χ0) is 19.1. The molecule has 2 aromatic rings. The Morgan fingerprint density at radius 1 is 1.04 bits per heavy atom. The number of methoxy groups -OCH3 is 1. The molecule has 1 heterocycles. The maximum Gasteiger partial charge on any atom is 0.317 e. The lowest BCUT2D eigenvalue weighted by Gasteiger charge is -2.36. The molecule has 0 aromatic heterocycles. The zero-order valence-electron chi connectivity index (χ0n) is 16.0. The first-order valence-electron chi connectivity index (χ1n) is 9.33. The number of nitrogens with one attached hydrogen (secondary N) is 1. The molecule has 2 aromatic carbocycles. The molecule has 2 amide bonds. The van der Waals surface area contributed by atoms with Crippen molar-refractivity contribution >= 4 is 11.7 Å². The minimum atomic E-state index is -0.0350. The smallest absolute Gasteiger partial charge is 0.317 e. The molecular formula is C21H27N3O3. The number of rotatable bonds is 6. The first-order valence-corrected chi connectivity index (χ1v) is 9.33. The van der Waals surface area contributed by atoms with Gasteiger partial charge in [0.25, 0.3) is 0 Å². The predicted molar refractivity (Wildman–Crippen MR) is 107 cm³/mol. The van der Waals surface area contributed by atoms with E-state index in [1.165, 1.54) is 0 Å². The summed E-state index contributed by atoms with van der Waals surface area (Å²) in [6.07, 6.45) is 0. The van der Waals surface area contributed by atoms with Crippen molar-refractivity contribution in [3.63, 3.8) is 0 Å². The molecule has 144 valence electrons. The van der Waals surface area contributed by atoms with Gasteiger partial charge in [-0.05, 0) is 37.3 Å². The summed E-state index contributed by atoms with van der Waals surface area (Å²) in [5.41, 5.74) is 2.13. The first-order chi connectivity index (χ1) is 13.2. The summed E-state index contributed by atoms with van der Waals surface area (Å²) in [4.78, 5) is 16.6. The third-order valence-corrected chi connectivity index (χ3v) is 4.70. The molecule has 1 fully saturated rings. The number of carbonyl (C=O) groups excluding carboxylic acids is 1. The number of carbonyl (C=O) groups is 1. The number of ether oxygens (including phenoxy) is 2.